The Morgan fingerprint density at radius 1 is 1.10 bits per heavy atom. The van der Waals surface area contributed by atoms with Crippen LogP contribution in [0.1, 0.15) is 31.1 Å². The number of hydrogen-bond donors (Lipinski definition) is 0. The van der Waals surface area contributed by atoms with Gasteiger partial charge in [-0.3, -0.25) is 9.78 Å². The number of carbonyl (C=O) groups excluding carboxylic acids is 1. The minimum Gasteiger partial charge on any atom is -0.460 e. The quantitative estimate of drug-likeness (QED) is 0.581. The van der Waals surface area contributed by atoms with Crippen molar-refractivity contribution in [1.82, 2.24) is 9.88 Å². The average Bonchev–Trinajstić information content (AvgIpc) is 3.14. The molecule has 1 saturated heterocycles. The number of para-hydroxylation sites is 1. The molecule has 0 aliphatic carbocycles. The fourth-order valence-electron chi connectivity index (χ4n) is 3.82. The molecule has 2 aromatic heterocycles. The Bertz CT molecular complexity index is 986. The number of pyridine rings is 1. The van der Waals surface area contributed by atoms with Crippen molar-refractivity contribution in [2.45, 2.75) is 26.2 Å². The van der Waals surface area contributed by atoms with Gasteiger partial charge >= 0.3 is 0 Å². The lowest BCUT2D eigenvalue weighted by Crippen LogP contribution is -2.48. The van der Waals surface area contributed by atoms with Crippen molar-refractivity contribution in [3.63, 3.8) is 0 Å². The number of furan rings is 1. The van der Waals surface area contributed by atoms with Crippen molar-refractivity contribution in [1.29, 1.82) is 0 Å². The molecule has 1 aromatic carbocycles. The van der Waals surface area contributed by atoms with Gasteiger partial charge in [-0.2, -0.15) is 0 Å². The van der Waals surface area contributed by atoms with Crippen LogP contribution in [0.25, 0.3) is 17.0 Å². The Hall–Kier alpha value is -3.08. The van der Waals surface area contributed by atoms with Crippen LogP contribution in [-0.2, 0) is 11.2 Å². The molecule has 3 aromatic rings. The molecule has 150 valence electrons. The second-order valence-electron chi connectivity index (χ2n) is 7.39. The lowest BCUT2D eigenvalue weighted by atomic mass is 10.1. The van der Waals surface area contributed by atoms with E-state index >= 15 is 0 Å². The maximum absolute atomic E-state index is 12.8. The number of rotatable bonds is 6. The van der Waals surface area contributed by atoms with Crippen LogP contribution in [0, 0.1) is 0 Å². The molecule has 29 heavy (non-hydrogen) atoms. The van der Waals surface area contributed by atoms with Crippen molar-refractivity contribution < 1.29 is 9.21 Å². The zero-order chi connectivity index (χ0) is 20.1. The second kappa shape index (κ2) is 8.95. The molecule has 0 atom stereocenters. The van der Waals surface area contributed by atoms with Crippen LogP contribution >= 0.6 is 0 Å². The number of piperazine rings is 1. The highest BCUT2D eigenvalue weighted by atomic mass is 16.3. The van der Waals surface area contributed by atoms with Gasteiger partial charge in [-0.05, 0) is 30.7 Å². The highest BCUT2D eigenvalue weighted by molar-refractivity contribution is 5.96. The summed E-state index contributed by atoms with van der Waals surface area (Å²) in [4.78, 5) is 21.1. The van der Waals surface area contributed by atoms with Gasteiger partial charge in [-0.1, -0.05) is 31.5 Å². The summed E-state index contributed by atoms with van der Waals surface area (Å²) in [5.74, 6) is 1.03. The molecular formula is C24H27N3O2. The molecule has 1 aliphatic heterocycles. The Morgan fingerprint density at radius 2 is 1.86 bits per heavy atom. The summed E-state index contributed by atoms with van der Waals surface area (Å²) in [6.45, 7) is 5.29. The van der Waals surface area contributed by atoms with Crippen LogP contribution in [0.2, 0.25) is 0 Å². The first-order valence-electron chi connectivity index (χ1n) is 10.4. The van der Waals surface area contributed by atoms with E-state index in [0.717, 1.165) is 73.4 Å². The fraction of sp³-hybridized carbons (Fsp3) is 0.333. The topological polar surface area (TPSA) is 49.6 Å². The molecule has 0 bridgehead atoms. The largest absolute Gasteiger partial charge is 0.460 e. The first kappa shape index (κ1) is 19.2. The van der Waals surface area contributed by atoms with Gasteiger partial charge in [0.1, 0.15) is 11.3 Å². The van der Waals surface area contributed by atoms with E-state index in [1.165, 1.54) is 0 Å². The number of benzene rings is 1. The smallest absolute Gasteiger partial charge is 0.246 e. The summed E-state index contributed by atoms with van der Waals surface area (Å²) >= 11 is 0. The third kappa shape index (κ3) is 4.34. The molecule has 5 nitrogen and oxygen atoms in total. The van der Waals surface area contributed by atoms with Crippen LogP contribution < -0.4 is 4.90 Å². The number of nitrogens with zero attached hydrogens (tertiary/aromatic N) is 3. The normalized spacial score (nSPS) is 14.8. The Balaban J connectivity index is 1.45. The standard InChI is InChI=1S/C24H27N3O2/c1-2-3-7-22-21(20-6-4-5-8-23(20)29-22)9-10-24(28)27-17-15-26(16-18-27)19-11-13-25-14-12-19/h4-6,8-14H,2-3,7,15-18H2,1H3/b10-9+. The van der Waals surface area contributed by atoms with E-state index < -0.39 is 0 Å². The lowest BCUT2D eigenvalue weighted by molar-refractivity contribution is -0.126. The van der Waals surface area contributed by atoms with Crippen molar-refractivity contribution in [2.24, 2.45) is 0 Å². The average molecular weight is 389 g/mol. The number of fused-ring (bicyclic) bond motifs is 1. The number of amides is 1. The molecule has 0 N–H and O–H groups in total. The van der Waals surface area contributed by atoms with Gasteiger partial charge in [-0.25, -0.2) is 0 Å². The van der Waals surface area contributed by atoms with Gasteiger partial charge in [0.15, 0.2) is 0 Å². The molecule has 1 fully saturated rings. The minimum absolute atomic E-state index is 0.0612. The van der Waals surface area contributed by atoms with Gasteiger partial charge in [0.05, 0.1) is 0 Å². The molecule has 1 aliphatic rings. The second-order valence-corrected chi connectivity index (χ2v) is 7.39. The Kier molecular flexibility index (Phi) is 5.94. The predicted octanol–water partition coefficient (Wildman–Crippen LogP) is 4.53. The first-order valence-corrected chi connectivity index (χ1v) is 10.4. The number of carbonyl (C=O) groups is 1. The van der Waals surface area contributed by atoms with Crippen molar-refractivity contribution in [2.75, 3.05) is 31.1 Å². The van der Waals surface area contributed by atoms with Crippen LogP contribution in [0.4, 0.5) is 5.69 Å². The summed E-state index contributed by atoms with van der Waals surface area (Å²) in [6, 6.07) is 12.1. The number of aryl methyl sites for hydroxylation is 1. The van der Waals surface area contributed by atoms with Crippen molar-refractivity contribution in [3.8, 4) is 0 Å². The van der Waals surface area contributed by atoms with Crippen molar-refractivity contribution >= 4 is 28.6 Å². The minimum atomic E-state index is 0.0612. The van der Waals surface area contributed by atoms with E-state index in [1.807, 2.05) is 41.3 Å². The predicted molar refractivity (Wildman–Crippen MR) is 117 cm³/mol. The maximum Gasteiger partial charge on any atom is 0.246 e. The molecular weight excluding hydrogens is 362 g/mol. The molecule has 0 radical (unpaired) electrons. The highest BCUT2D eigenvalue weighted by Gasteiger charge is 2.20. The molecule has 3 heterocycles. The number of unbranched alkanes of at least 4 members (excludes halogenated alkanes) is 1. The highest BCUT2D eigenvalue weighted by Crippen LogP contribution is 2.28. The number of anilines is 1. The Labute approximate surface area is 171 Å². The summed E-state index contributed by atoms with van der Waals surface area (Å²) in [5, 5.41) is 1.07. The van der Waals surface area contributed by atoms with Gasteiger partial charge < -0.3 is 14.2 Å². The zero-order valence-electron chi connectivity index (χ0n) is 16.9. The summed E-state index contributed by atoms with van der Waals surface area (Å²) < 4.78 is 6.05. The van der Waals surface area contributed by atoms with E-state index in [9.17, 15) is 4.79 Å². The lowest BCUT2D eigenvalue weighted by Gasteiger charge is -2.35. The molecule has 0 spiro atoms. The van der Waals surface area contributed by atoms with Crippen molar-refractivity contribution in [3.05, 3.63) is 66.2 Å². The van der Waals surface area contributed by atoms with Gasteiger partial charge in [0, 0.05) is 67.7 Å². The summed E-state index contributed by atoms with van der Waals surface area (Å²) in [6.07, 6.45) is 10.3. The van der Waals surface area contributed by atoms with Gasteiger partial charge in [0.2, 0.25) is 5.91 Å². The van der Waals surface area contributed by atoms with Gasteiger partial charge in [0.25, 0.3) is 0 Å². The van der Waals surface area contributed by atoms with Crippen LogP contribution in [0.5, 0.6) is 0 Å². The van der Waals surface area contributed by atoms with E-state index in [2.05, 4.69) is 22.9 Å². The fourth-order valence-corrected chi connectivity index (χ4v) is 3.82. The SMILES string of the molecule is CCCCc1oc2ccccc2c1/C=C/C(=O)N1CCN(c2ccncc2)CC1. The third-order valence-electron chi connectivity index (χ3n) is 5.48. The number of aromatic nitrogens is 1. The third-order valence-corrected chi connectivity index (χ3v) is 5.48. The molecule has 4 rings (SSSR count). The molecule has 0 unspecified atom stereocenters. The first-order chi connectivity index (χ1) is 14.3. The maximum atomic E-state index is 12.8. The van der Waals surface area contributed by atoms with E-state index in [4.69, 9.17) is 4.42 Å². The van der Waals surface area contributed by atoms with Crippen LogP contribution in [0.3, 0.4) is 0 Å². The molecule has 5 heteroatoms. The molecule has 1 amide bonds. The van der Waals surface area contributed by atoms with E-state index in [0.29, 0.717) is 0 Å². The van der Waals surface area contributed by atoms with Crippen LogP contribution in [0.15, 0.2) is 59.3 Å². The van der Waals surface area contributed by atoms with E-state index in [-0.39, 0.29) is 5.91 Å². The molecule has 0 saturated carbocycles. The van der Waals surface area contributed by atoms with Gasteiger partial charge in [-0.15, -0.1) is 0 Å². The number of hydrogen-bond acceptors (Lipinski definition) is 4. The van der Waals surface area contributed by atoms with E-state index in [1.54, 1.807) is 18.5 Å². The zero-order valence-corrected chi connectivity index (χ0v) is 16.9. The monoisotopic (exact) mass is 389 g/mol. The summed E-state index contributed by atoms with van der Waals surface area (Å²) in [7, 11) is 0. The summed E-state index contributed by atoms with van der Waals surface area (Å²) in [5.41, 5.74) is 3.09. The Morgan fingerprint density at radius 3 is 2.62 bits per heavy atom. The van der Waals surface area contributed by atoms with Crippen LogP contribution in [-0.4, -0.2) is 42.0 Å².